The van der Waals surface area contributed by atoms with Crippen LogP contribution in [-0.2, 0) is 0 Å². The zero-order valence-corrected chi connectivity index (χ0v) is 15.3. The third-order valence-electron chi connectivity index (χ3n) is 3.99. The maximum atomic E-state index is 12.6. The number of rotatable bonds is 5. The Balaban J connectivity index is 0.000000596. The molecule has 1 unspecified atom stereocenters. The average molecular weight is 367 g/mol. The Labute approximate surface area is 158 Å². The third kappa shape index (κ3) is 4.78. The van der Waals surface area contributed by atoms with Gasteiger partial charge in [0.05, 0.1) is 6.04 Å². The number of carbonyl (C=O) groups excluding carboxylic acids is 2. The summed E-state index contributed by atoms with van der Waals surface area (Å²) >= 11 is 0. The Morgan fingerprint density at radius 1 is 1.19 bits per heavy atom. The lowest BCUT2D eigenvalue weighted by Gasteiger charge is -2.24. The van der Waals surface area contributed by atoms with Crippen LogP contribution < -0.4 is 9.47 Å². The van der Waals surface area contributed by atoms with Crippen molar-refractivity contribution in [2.75, 3.05) is 13.8 Å². The summed E-state index contributed by atoms with van der Waals surface area (Å²) in [6.07, 6.45) is 4.48. The number of benzene rings is 1. The van der Waals surface area contributed by atoms with Gasteiger partial charge < -0.3 is 14.4 Å². The van der Waals surface area contributed by atoms with Gasteiger partial charge in [-0.25, -0.2) is 0 Å². The quantitative estimate of drug-likeness (QED) is 0.599. The van der Waals surface area contributed by atoms with Crippen molar-refractivity contribution >= 4 is 18.4 Å². The molecule has 3 rings (SSSR count). The topological polar surface area (TPSA) is 81.1 Å². The van der Waals surface area contributed by atoms with Crippen molar-refractivity contribution in [2.45, 2.75) is 13.0 Å². The van der Waals surface area contributed by atoms with Gasteiger partial charge in [0.2, 0.25) is 6.79 Å². The number of pyridine rings is 1. The predicted molar refractivity (Wildman–Crippen MR) is 102 cm³/mol. The van der Waals surface area contributed by atoms with Crippen molar-refractivity contribution in [1.29, 1.82) is 0 Å². The fraction of sp³-hybridized carbons (Fsp3) is 0.200. The van der Waals surface area contributed by atoms with Crippen LogP contribution in [0.25, 0.3) is 0 Å². The van der Waals surface area contributed by atoms with Crippen LogP contribution in [0.4, 0.5) is 0 Å². The normalized spacial score (nSPS) is 12.2. The third-order valence-corrected chi connectivity index (χ3v) is 3.99. The molecule has 140 valence electrons. The first-order valence-corrected chi connectivity index (χ1v) is 8.17. The van der Waals surface area contributed by atoms with Gasteiger partial charge in [0, 0.05) is 36.8 Å². The number of likely N-dealkylation sites (N-methyl/N-ethyl adjacent to an activating group) is 1. The second-order valence-electron chi connectivity index (χ2n) is 5.63. The standard InChI is InChI=1S/C17H16N2O4.C3H5N/c1-11(19(2)17(21)12-5-7-18-8-6-12)16(20)13-3-4-14-15(9-13)23-10-22-14;1-3-4-2/h3-9,11H,10H2,1-2H3;3H,1-2H2. The minimum Gasteiger partial charge on any atom is -0.454 e. The molecule has 7 heteroatoms. The highest BCUT2D eigenvalue weighted by Crippen LogP contribution is 2.33. The minimum absolute atomic E-state index is 0.156. The van der Waals surface area contributed by atoms with Crippen molar-refractivity contribution in [3.8, 4) is 11.5 Å². The van der Waals surface area contributed by atoms with E-state index >= 15 is 0 Å². The molecule has 1 aliphatic rings. The van der Waals surface area contributed by atoms with Crippen molar-refractivity contribution < 1.29 is 19.1 Å². The molecular formula is C20H21N3O4. The van der Waals surface area contributed by atoms with Gasteiger partial charge >= 0.3 is 0 Å². The van der Waals surface area contributed by atoms with E-state index in [2.05, 4.69) is 23.3 Å². The maximum absolute atomic E-state index is 12.6. The van der Waals surface area contributed by atoms with Crippen LogP contribution in [0.5, 0.6) is 11.5 Å². The zero-order valence-electron chi connectivity index (χ0n) is 15.3. The lowest BCUT2D eigenvalue weighted by atomic mass is 10.0. The van der Waals surface area contributed by atoms with E-state index in [0.29, 0.717) is 22.6 Å². The van der Waals surface area contributed by atoms with Gasteiger partial charge in [-0.15, -0.1) is 0 Å². The summed E-state index contributed by atoms with van der Waals surface area (Å²) in [6, 6.07) is 7.67. The summed E-state index contributed by atoms with van der Waals surface area (Å²) in [6.45, 7) is 8.22. The Kier molecular flexibility index (Phi) is 6.82. The number of fused-ring (bicyclic) bond motifs is 1. The number of ether oxygens (including phenoxy) is 2. The number of hydrogen-bond acceptors (Lipinski definition) is 6. The molecule has 1 aromatic heterocycles. The highest BCUT2D eigenvalue weighted by atomic mass is 16.7. The summed E-state index contributed by atoms with van der Waals surface area (Å²) in [7, 11) is 1.61. The molecule has 0 saturated carbocycles. The fourth-order valence-corrected chi connectivity index (χ4v) is 2.34. The summed E-state index contributed by atoms with van der Waals surface area (Å²) in [4.78, 5) is 33.6. The minimum atomic E-state index is -0.601. The van der Waals surface area contributed by atoms with Gasteiger partial charge in [0.1, 0.15) is 0 Å². The Morgan fingerprint density at radius 2 is 1.81 bits per heavy atom. The summed E-state index contributed by atoms with van der Waals surface area (Å²) in [5, 5.41) is 0. The van der Waals surface area contributed by atoms with Gasteiger partial charge in [-0.3, -0.25) is 19.6 Å². The molecule has 27 heavy (non-hydrogen) atoms. The Morgan fingerprint density at radius 3 is 2.44 bits per heavy atom. The molecule has 1 aromatic carbocycles. The maximum Gasteiger partial charge on any atom is 0.254 e. The fourth-order valence-electron chi connectivity index (χ4n) is 2.34. The highest BCUT2D eigenvalue weighted by molar-refractivity contribution is 6.04. The van der Waals surface area contributed by atoms with E-state index in [4.69, 9.17) is 9.47 Å². The molecule has 2 heterocycles. The van der Waals surface area contributed by atoms with Gasteiger partial charge in [-0.05, 0) is 44.0 Å². The van der Waals surface area contributed by atoms with E-state index in [1.807, 2.05) is 0 Å². The molecule has 2 aromatic rings. The van der Waals surface area contributed by atoms with Crippen LogP contribution in [0.3, 0.4) is 0 Å². The zero-order chi connectivity index (χ0) is 19.8. The number of Topliss-reactive ketones (excluding diaryl/α,β-unsaturated/α-hetero) is 1. The van der Waals surface area contributed by atoms with E-state index in [1.165, 1.54) is 11.1 Å². The van der Waals surface area contributed by atoms with E-state index in [-0.39, 0.29) is 18.5 Å². The van der Waals surface area contributed by atoms with Crippen LogP contribution in [0.15, 0.2) is 60.5 Å². The number of hydrogen-bond donors (Lipinski definition) is 0. The van der Waals surface area contributed by atoms with Gasteiger partial charge in [0.25, 0.3) is 5.91 Å². The molecule has 0 N–H and O–H groups in total. The van der Waals surface area contributed by atoms with Gasteiger partial charge in [-0.1, -0.05) is 6.58 Å². The molecule has 1 aliphatic heterocycles. The number of aliphatic imine (C=N–C) groups is 1. The van der Waals surface area contributed by atoms with Crippen molar-refractivity contribution in [2.24, 2.45) is 4.99 Å². The monoisotopic (exact) mass is 367 g/mol. The number of ketones is 1. The highest BCUT2D eigenvalue weighted by Gasteiger charge is 2.26. The Bertz CT molecular complexity index is 830. The number of amides is 1. The second-order valence-corrected chi connectivity index (χ2v) is 5.63. The van der Waals surface area contributed by atoms with Gasteiger partial charge in [-0.2, -0.15) is 0 Å². The number of aromatic nitrogens is 1. The van der Waals surface area contributed by atoms with Crippen molar-refractivity contribution in [3.05, 3.63) is 66.6 Å². The molecule has 0 aliphatic carbocycles. The van der Waals surface area contributed by atoms with Crippen LogP contribution in [0.1, 0.15) is 27.6 Å². The van der Waals surface area contributed by atoms with Gasteiger partial charge in [0.15, 0.2) is 17.3 Å². The van der Waals surface area contributed by atoms with Crippen LogP contribution in [0.2, 0.25) is 0 Å². The van der Waals surface area contributed by atoms with Crippen molar-refractivity contribution in [3.63, 3.8) is 0 Å². The van der Waals surface area contributed by atoms with E-state index in [1.54, 1.807) is 56.7 Å². The molecule has 0 radical (unpaired) electrons. The smallest absolute Gasteiger partial charge is 0.254 e. The molecule has 1 atom stereocenters. The van der Waals surface area contributed by atoms with E-state index in [0.717, 1.165) is 0 Å². The molecule has 0 saturated heterocycles. The summed E-state index contributed by atoms with van der Waals surface area (Å²) in [5.74, 6) is 0.781. The molecule has 1 amide bonds. The lowest BCUT2D eigenvalue weighted by molar-refractivity contribution is 0.0675. The van der Waals surface area contributed by atoms with Crippen LogP contribution >= 0.6 is 0 Å². The largest absolute Gasteiger partial charge is 0.454 e. The SMILES string of the molecule is C=CN=C.CC(C(=O)c1ccc2c(c1)OCO2)N(C)C(=O)c1ccncc1. The molecule has 0 bridgehead atoms. The van der Waals surface area contributed by atoms with E-state index in [9.17, 15) is 9.59 Å². The van der Waals surface area contributed by atoms with E-state index < -0.39 is 6.04 Å². The summed E-state index contributed by atoms with van der Waals surface area (Å²) in [5.41, 5.74) is 0.976. The molecule has 7 nitrogen and oxygen atoms in total. The lowest BCUT2D eigenvalue weighted by Crippen LogP contribution is -2.40. The first-order valence-electron chi connectivity index (χ1n) is 8.17. The summed E-state index contributed by atoms with van der Waals surface area (Å²) < 4.78 is 10.5. The first-order chi connectivity index (χ1) is 13.0. The molecule has 0 spiro atoms. The van der Waals surface area contributed by atoms with Crippen molar-refractivity contribution in [1.82, 2.24) is 9.88 Å². The average Bonchev–Trinajstić information content (AvgIpc) is 3.20. The second kappa shape index (κ2) is 9.28. The van der Waals surface area contributed by atoms with Crippen LogP contribution in [0, 0.1) is 0 Å². The molecule has 0 fully saturated rings. The number of nitrogens with zero attached hydrogens (tertiary/aromatic N) is 3. The predicted octanol–water partition coefficient (Wildman–Crippen LogP) is 2.98. The van der Waals surface area contributed by atoms with Crippen LogP contribution in [-0.4, -0.2) is 48.2 Å². The first kappa shape index (κ1) is 19.8. The molecular weight excluding hydrogens is 346 g/mol. The Hall–Kier alpha value is -3.48. The number of carbonyl (C=O) groups is 2.